The van der Waals surface area contributed by atoms with Crippen LogP contribution in [0.5, 0.6) is 0 Å². The summed E-state index contributed by atoms with van der Waals surface area (Å²) in [6, 6.07) is -0.838. The molecule has 0 unspecified atom stereocenters. The van der Waals surface area contributed by atoms with E-state index >= 15 is 0 Å². The number of amides is 2. The van der Waals surface area contributed by atoms with Crippen molar-refractivity contribution in [1.29, 1.82) is 5.53 Å². The van der Waals surface area contributed by atoms with Crippen LogP contribution in [0.25, 0.3) is 0 Å². The molecule has 0 aromatic rings. The second kappa shape index (κ2) is 4.96. The zero-order valence-electron chi connectivity index (χ0n) is 3.34. The first kappa shape index (κ1) is 9.35. The molecule has 0 saturated carbocycles. The number of hydrazine groups is 1. The number of hydrogen-bond donors (Lipinski definition) is 3. The Kier molecular flexibility index (Phi) is 6.63. The van der Waals surface area contributed by atoms with E-state index in [0.717, 1.165) is 0 Å². The van der Waals surface area contributed by atoms with E-state index in [2.05, 4.69) is 11.0 Å². The molecule has 0 aliphatic rings. The van der Waals surface area contributed by atoms with Gasteiger partial charge in [-0.1, -0.05) is 5.11 Å². The zero-order valence-corrected chi connectivity index (χ0v) is 3.34. The molecule has 0 saturated heterocycles. The molecule has 42 valence electrons. The highest BCUT2D eigenvalue weighted by Crippen LogP contribution is 1.61. The lowest BCUT2D eigenvalue weighted by Crippen LogP contribution is -2.26. The van der Waals surface area contributed by atoms with Crippen molar-refractivity contribution in [3.05, 3.63) is 0 Å². The number of nitrogens with zero attached hydrogens (tertiary/aromatic N) is 1. The molecule has 4 N–H and O–H groups in total. The number of hydrogen-bond acceptors (Lipinski definition) is 3. The predicted molar refractivity (Wildman–Crippen MR) is 20.4 cm³/mol. The van der Waals surface area contributed by atoms with E-state index in [1.807, 2.05) is 0 Å². The van der Waals surface area contributed by atoms with Crippen LogP contribution < -0.4 is 11.3 Å². The number of carbonyl (C=O) groups excluding carboxylic acids is 1. The fourth-order valence-corrected chi connectivity index (χ4v) is 0.0323. The lowest BCUT2D eigenvalue weighted by molar-refractivity contribution is 0.247. The van der Waals surface area contributed by atoms with Gasteiger partial charge in [0.25, 0.3) is 0 Å². The first-order chi connectivity index (χ1) is 2.81. The third-order valence-electron chi connectivity index (χ3n) is 0.225. The van der Waals surface area contributed by atoms with Gasteiger partial charge in [-0.25, -0.2) is 10.6 Å². The van der Waals surface area contributed by atoms with Crippen LogP contribution in [0, 0.1) is 5.53 Å². The third-order valence-corrected chi connectivity index (χ3v) is 0.225. The minimum atomic E-state index is -0.838. The van der Waals surface area contributed by atoms with Crippen molar-refractivity contribution >= 4 is 6.03 Å². The molecule has 0 aliphatic heterocycles. The lowest BCUT2D eigenvalue weighted by atomic mass is 11.1. The molecule has 0 aromatic carbocycles. The molecule has 0 fully saturated rings. The summed E-state index contributed by atoms with van der Waals surface area (Å²) in [7, 11) is 0. The first-order valence-corrected chi connectivity index (χ1v) is 1.19. The van der Waals surface area contributed by atoms with Crippen molar-refractivity contribution in [2.75, 3.05) is 0 Å². The Labute approximate surface area is 38.7 Å². The number of rotatable bonds is 0. The summed E-state index contributed by atoms with van der Waals surface area (Å²) in [5.41, 5.74) is 7.56. The summed E-state index contributed by atoms with van der Waals surface area (Å²) in [5.74, 6) is 4.47. The Morgan fingerprint density at radius 1 is 1.86 bits per heavy atom. The van der Waals surface area contributed by atoms with Gasteiger partial charge >= 0.3 is 6.03 Å². The maximum atomic E-state index is 9.59. The van der Waals surface area contributed by atoms with Gasteiger partial charge in [-0.05, 0) is 0 Å². The Morgan fingerprint density at radius 3 is 2.29 bits per heavy atom. The molecular weight excluding hydrogens is 103 g/mol. The number of urea groups is 1. The average molecular weight is 108 g/mol. The maximum absolute atomic E-state index is 9.59. The number of carbonyl (C=O) groups is 1. The highest BCUT2D eigenvalue weighted by Gasteiger charge is 1.83. The molecule has 0 bridgehead atoms. The van der Waals surface area contributed by atoms with Crippen LogP contribution in [-0.2, 0) is 0 Å². The molecule has 0 atom stereocenters. The van der Waals surface area contributed by atoms with Crippen molar-refractivity contribution < 1.29 is 9.50 Å². The summed E-state index contributed by atoms with van der Waals surface area (Å²) < 4.78 is 0. The minimum absolute atomic E-state index is 0. The van der Waals surface area contributed by atoms with E-state index in [4.69, 9.17) is 5.53 Å². The van der Waals surface area contributed by atoms with Gasteiger partial charge in [0.05, 0.1) is 0 Å². The molecule has 0 spiro atoms. The van der Waals surface area contributed by atoms with E-state index < -0.39 is 6.03 Å². The van der Waals surface area contributed by atoms with Crippen LogP contribution in [0.1, 0.15) is 0 Å². The predicted octanol–water partition coefficient (Wildman–Crippen LogP) is -0.247. The van der Waals surface area contributed by atoms with E-state index in [9.17, 15) is 4.79 Å². The molecule has 7 heavy (non-hydrogen) atoms. The van der Waals surface area contributed by atoms with E-state index in [-0.39, 0.29) is 4.70 Å². The van der Waals surface area contributed by atoms with E-state index in [1.165, 1.54) is 0 Å². The van der Waals surface area contributed by atoms with Gasteiger partial charge in [0.15, 0.2) is 0 Å². The summed E-state index contributed by atoms with van der Waals surface area (Å²) in [6.45, 7) is 0. The van der Waals surface area contributed by atoms with Gasteiger partial charge in [-0.3, -0.25) is 10.1 Å². The molecule has 6 heteroatoms. The van der Waals surface area contributed by atoms with Crippen molar-refractivity contribution in [1.82, 2.24) is 5.43 Å². The Hall–Kier alpha value is -1.04. The second-order valence-corrected chi connectivity index (χ2v) is 0.561. The highest BCUT2D eigenvalue weighted by atomic mass is 19.0. The Morgan fingerprint density at radius 2 is 2.29 bits per heavy atom. The normalized spacial score (nSPS) is 5.86. The van der Waals surface area contributed by atoms with Crippen LogP contribution in [0.4, 0.5) is 9.50 Å². The van der Waals surface area contributed by atoms with Gasteiger partial charge < -0.3 is 0 Å². The maximum Gasteiger partial charge on any atom is 0.373 e. The minimum Gasteiger partial charge on any atom is -0.273 e. The van der Waals surface area contributed by atoms with E-state index in [0.29, 0.717) is 0 Å². The van der Waals surface area contributed by atoms with E-state index in [1.54, 1.807) is 5.43 Å². The quantitative estimate of drug-likeness (QED) is 0.173. The van der Waals surface area contributed by atoms with Gasteiger partial charge in [0.2, 0.25) is 0 Å². The first-order valence-electron chi connectivity index (χ1n) is 1.19. The van der Waals surface area contributed by atoms with Gasteiger partial charge in [-0.15, -0.1) is 0 Å². The second-order valence-electron chi connectivity index (χ2n) is 0.561. The Balaban J connectivity index is 0. The Bertz CT molecular complexity index is 72.1. The summed E-state index contributed by atoms with van der Waals surface area (Å²) in [5, 5.41) is 2.38. The van der Waals surface area contributed by atoms with Crippen molar-refractivity contribution in [2.24, 2.45) is 11.0 Å². The van der Waals surface area contributed by atoms with Crippen molar-refractivity contribution in [2.45, 2.75) is 0 Å². The van der Waals surface area contributed by atoms with Crippen LogP contribution in [0.15, 0.2) is 5.11 Å². The molecule has 2 amide bonds. The highest BCUT2D eigenvalue weighted by molar-refractivity contribution is 5.72. The van der Waals surface area contributed by atoms with Crippen LogP contribution >= 0.6 is 0 Å². The number of halogens is 1. The molecular formula is CH5FN4O. The van der Waals surface area contributed by atoms with Crippen LogP contribution in [0.2, 0.25) is 0 Å². The SMILES string of the molecule is F.N=NC(=O)NN. The fraction of sp³-hybridized carbons (Fsp3) is 0. The fourth-order valence-electron chi connectivity index (χ4n) is 0.0323. The number of nitrogens with two attached hydrogens (primary N) is 1. The largest absolute Gasteiger partial charge is 0.373 e. The molecule has 0 aromatic heterocycles. The third kappa shape index (κ3) is 4.96. The smallest absolute Gasteiger partial charge is 0.273 e. The summed E-state index contributed by atoms with van der Waals surface area (Å²) in [6.07, 6.45) is 0. The van der Waals surface area contributed by atoms with Crippen molar-refractivity contribution in [3.8, 4) is 0 Å². The van der Waals surface area contributed by atoms with Gasteiger partial charge in [0.1, 0.15) is 0 Å². The zero-order chi connectivity index (χ0) is 4.99. The number of nitrogens with one attached hydrogen (secondary N) is 2. The van der Waals surface area contributed by atoms with Gasteiger partial charge in [-0.2, -0.15) is 5.53 Å². The molecule has 0 aliphatic carbocycles. The molecule has 0 rings (SSSR count). The monoisotopic (exact) mass is 108 g/mol. The van der Waals surface area contributed by atoms with Crippen LogP contribution in [-0.4, -0.2) is 6.03 Å². The van der Waals surface area contributed by atoms with Crippen LogP contribution in [0.3, 0.4) is 0 Å². The molecule has 5 nitrogen and oxygen atoms in total. The molecule has 0 heterocycles. The standard InChI is InChI=1S/CH4N4O.FH/c2-4-1(6)5-3;/h2H,3H2,(H,5,6);1H. The lowest BCUT2D eigenvalue weighted by Gasteiger charge is -1.80. The summed E-state index contributed by atoms with van der Waals surface area (Å²) >= 11 is 0. The summed E-state index contributed by atoms with van der Waals surface area (Å²) in [4.78, 5) is 9.59. The van der Waals surface area contributed by atoms with Crippen molar-refractivity contribution in [3.63, 3.8) is 0 Å². The average Bonchev–Trinajstić information content (AvgIpc) is 1.65. The topological polar surface area (TPSA) is 91.3 Å². The molecule has 0 radical (unpaired) electrons. The van der Waals surface area contributed by atoms with Gasteiger partial charge in [0, 0.05) is 0 Å².